The fourth-order valence-electron chi connectivity index (χ4n) is 9.32. The van der Waals surface area contributed by atoms with Crippen LogP contribution in [0.5, 0.6) is 0 Å². The fourth-order valence-corrected chi connectivity index (χ4v) is 9.32. The summed E-state index contributed by atoms with van der Waals surface area (Å²) in [4.78, 5) is 15.4. The Labute approximate surface area is 292 Å². The maximum Gasteiger partial charge on any atom is 0.164 e. The van der Waals surface area contributed by atoms with E-state index in [1.165, 1.54) is 37.7 Å². The van der Waals surface area contributed by atoms with Crippen LogP contribution >= 0.6 is 0 Å². The van der Waals surface area contributed by atoms with Gasteiger partial charge in [0.05, 0.1) is 11.6 Å². The number of furan rings is 1. The van der Waals surface area contributed by atoms with Crippen LogP contribution < -0.4 is 0 Å². The molecule has 2 aliphatic rings. The maximum atomic E-state index is 9.42. The summed E-state index contributed by atoms with van der Waals surface area (Å²) in [6, 6.07) is 41.7. The van der Waals surface area contributed by atoms with E-state index in [1.807, 2.05) is 30.3 Å². The molecule has 50 heavy (non-hydrogen) atoms. The van der Waals surface area contributed by atoms with Gasteiger partial charge >= 0.3 is 0 Å². The first-order valence-electron chi connectivity index (χ1n) is 17.8. The van der Waals surface area contributed by atoms with E-state index >= 15 is 0 Å². The summed E-state index contributed by atoms with van der Waals surface area (Å²) in [5.74, 6) is 4.21. The number of hydrogen-bond acceptors (Lipinski definition) is 5. The van der Waals surface area contributed by atoms with Crippen molar-refractivity contribution in [1.29, 1.82) is 5.26 Å². The second kappa shape index (κ2) is 12.1. The van der Waals surface area contributed by atoms with Crippen molar-refractivity contribution in [1.82, 2.24) is 15.0 Å². The smallest absolute Gasteiger partial charge is 0.164 e. The third kappa shape index (κ3) is 5.36. The predicted octanol–water partition coefficient (Wildman–Crippen LogP) is 11.4. The number of nitrogens with zero attached hydrogens (tertiary/aromatic N) is 4. The van der Waals surface area contributed by atoms with E-state index in [0.717, 1.165) is 61.9 Å². The normalized spacial score (nSPS) is 21.7. The Bertz CT molecular complexity index is 2400. The van der Waals surface area contributed by atoms with Gasteiger partial charge in [-0.25, -0.2) is 15.0 Å². The molecule has 2 heterocycles. The number of fused-ring (bicyclic) bond motifs is 5. The van der Waals surface area contributed by atoms with Crippen LogP contribution in [-0.4, -0.2) is 15.0 Å². The van der Waals surface area contributed by atoms with Crippen molar-refractivity contribution in [3.8, 4) is 51.4 Å². The van der Waals surface area contributed by atoms with E-state index < -0.39 is 0 Å². The van der Waals surface area contributed by atoms with Gasteiger partial charge in [-0.3, -0.25) is 0 Å². The van der Waals surface area contributed by atoms with E-state index in [2.05, 4.69) is 98.8 Å². The molecule has 0 saturated heterocycles. The van der Waals surface area contributed by atoms with Crippen LogP contribution in [0.15, 0.2) is 120 Å². The minimum atomic E-state index is 0.262. The van der Waals surface area contributed by atoms with Crippen molar-refractivity contribution in [3.05, 3.63) is 126 Å². The van der Waals surface area contributed by atoms with Gasteiger partial charge in [0.1, 0.15) is 11.2 Å². The van der Waals surface area contributed by atoms with Crippen LogP contribution in [0.1, 0.15) is 57.1 Å². The minimum Gasteiger partial charge on any atom is -0.456 e. The molecule has 2 bridgehead atoms. The number of benzene rings is 5. The number of rotatable bonds is 5. The molecular weight excluding hydrogens is 613 g/mol. The molecule has 7 aromatic rings. The third-order valence-corrected chi connectivity index (χ3v) is 11.1. The monoisotopic (exact) mass is 650 g/mol. The summed E-state index contributed by atoms with van der Waals surface area (Å²) in [5.41, 5.74) is 8.66. The van der Waals surface area contributed by atoms with Gasteiger partial charge in [-0.05, 0) is 102 Å². The molecule has 4 atom stereocenters. The van der Waals surface area contributed by atoms with Gasteiger partial charge < -0.3 is 4.42 Å². The SMILES string of the molecule is C[C@@H]1C[C@@H]2C[C@H](C)CC(c3ccc(-c4nc(-c5ccc6c(c5)oc5cc(C#N)ccc56)nc(-c5ccccc5-c5ccccc5)n4)cc3)(C1)C2. The van der Waals surface area contributed by atoms with Crippen LogP contribution in [-0.2, 0) is 5.41 Å². The molecule has 0 radical (unpaired) electrons. The Morgan fingerprint density at radius 1 is 0.600 bits per heavy atom. The molecular formula is C45H38N4O. The Hall–Kier alpha value is -5.60. The molecule has 2 saturated carbocycles. The van der Waals surface area contributed by atoms with E-state index in [4.69, 9.17) is 19.4 Å². The summed E-state index contributed by atoms with van der Waals surface area (Å²) < 4.78 is 6.26. The van der Waals surface area contributed by atoms with Crippen molar-refractivity contribution >= 4 is 21.9 Å². The molecule has 1 unspecified atom stereocenters. The zero-order valence-electron chi connectivity index (χ0n) is 28.4. The summed E-state index contributed by atoms with van der Waals surface area (Å²) in [6.45, 7) is 4.89. The first-order chi connectivity index (χ1) is 24.4. The van der Waals surface area contributed by atoms with E-state index in [1.54, 1.807) is 6.07 Å². The molecule has 5 aromatic carbocycles. The Kier molecular flexibility index (Phi) is 7.35. The summed E-state index contributed by atoms with van der Waals surface area (Å²) in [6.07, 6.45) is 6.58. The van der Waals surface area contributed by atoms with E-state index in [9.17, 15) is 5.26 Å². The molecule has 0 amide bonds. The van der Waals surface area contributed by atoms with Gasteiger partial charge in [0.2, 0.25) is 0 Å². The lowest BCUT2D eigenvalue weighted by molar-refractivity contribution is 0.0780. The second-order valence-corrected chi connectivity index (χ2v) is 14.9. The van der Waals surface area contributed by atoms with Crippen LogP contribution in [0.2, 0.25) is 0 Å². The van der Waals surface area contributed by atoms with Gasteiger partial charge in [-0.2, -0.15) is 5.26 Å². The molecule has 0 spiro atoms. The first kappa shape index (κ1) is 30.5. The highest BCUT2D eigenvalue weighted by molar-refractivity contribution is 6.06. The van der Waals surface area contributed by atoms with Crippen LogP contribution in [0.3, 0.4) is 0 Å². The Morgan fingerprint density at radius 2 is 1.20 bits per heavy atom. The highest BCUT2D eigenvalue weighted by atomic mass is 16.3. The molecule has 2 aromatic heterocycles. The van der Waals surface area contributed by atoms with Gasteiger partial charge in [0.25, 0.3) is 0 Å². The Balaban J connectivity index is 1.18. The number of aromatic nitrogens is 3. The largest absolute Gasteiger partial charge is 0.456 e. The van der Waals surface area contributed by atoms with Gasteiger partial charge in [0, 0.05) is 27.5 Å². The minimum absolute atomic E-state index is 0.262. The lowest BCUT2D eigenvalue weighted by Gasteiger charge is -2.50. The van der Waals surface area contributed by atoms with Crippen molar-refractivity contribution < 1.29 is 4.42 Å². The zero-order chi connectivity index (χ0) is 33.8. The van der Waals surface area contributed by atoms with Crippen molar-refractivity contribution in [2.24, 2.45) is 17.8 Å². The molecule has 5 heteroatoms. The lowest BCUT2D eigenvalue weighted by Crippen LogP contribution is -2.42. The van der Waals surface area contributed by atoms with Crippen molar-refractivity contribution in [2.75, 3.05) is 0 Å². The topological polar surface area (TPSA) is 75.6 Å². The fraction of sp³-hybridized carbons (Fsp3) is 0.244. The molecule has 2 fully saturated rings. The average molecular weight is 651 g/mol. The quantitative estimate of drug-likeness (QED) is 0.185. The van der Waals surface area contributed by atoms with Gasteiger partial charge in [-0.1, -0.05) is 98.8 Å². The van der Waals surface area contributed by atoms with Gasteiger partial charge in [-0.15, -0.1) is 0 Å². The lowest BCUT2D eigenvalue weighted by atomic mass is 9.54. The van der Waals surface area contributed by atoms with Crippen LogP contribution in [0.4, 0.5) is 0 Å². The van der Waals surface area contributed by atoms with Crippen LogP contribution in [0.25, 0.3) is 67.2 Å². The van der Waals surface area contributed by atoms with E-state index in [0.29, 0.717) is 28.6 Å². The highest BCUT2D eigenvalue weighted by Crippen LogP contribution is 2.54. The molecule has 5 nitrogen and oxygen atoms in total. The molecule has 0 N–H and O–H groups in total. The van der Waals surface area contributed by atoms with Crippen LogP contribution in [0, 0.1) is 29.1 Å². The Morgan fingerprint density at radius 3 is 1.92 bits per heavy atom. The second-order valence-electron chi connectivity index (χ2n) is 14.9. The number of nitriles is 1. The molecule has 244 valence electrons. The third-order valence-electron chi connectivity index (χ3n) is 11.1. The predicted molar refractivity (Wildman–Crippen MR) is 200 cm³/mol. The average Bonchev–Trinajstić information content (AvgIpc) is 3.51. The zero-order valence-corrected chi connectivity index (χ0v) is 28.4. The summed E-state index contributed by atoms with van der Waals surface area (Å²) in [5, 5.41) is 11.4. The summed E-state index contributed by atoms with van der Waals surface area (Å²) >= 11 is 0. The summed E-state index contributed by atoms with van der Waals surface area (Å²) in [7, 11) is 0. The van der Waals surface area contributed by atoms with Crippen molar-refractivity contribution in [3.63, 3.8) is 0 Å². The molecule has 2 aliphatic carbocycles. The standard InChI is InChI=1S/C45H38N4O/c1-28-20-31-21-29(2)25-45(24-28,26-31)35-16-13-33(14-17-35)42-47-43(34-15-19-38-37-18-12-30(27-46)22-40(37)50-41(38)23-34)49-44(48-42)39-11-7-6-10-36(39)32-8-4-3-5-9-32/h3-19,22-23,28-29,31H,20-21,24-26H2,1-2H3/t28-,29+,31-,45?. The molecule has 9 rings (SSSR count). The van der Waals surface area contributed by atoms with Crippen molar-refractivity contribution in [2.45, 2.75) is 51.4 Å². The highest BCUT2D eigenvalue weighted by Gasteiger charge is 2.45. The van der Waals surface area contributed by atoms with E-state index in [-0.39, 0.29) is 5.41 Å². The number of hydrogen-bond donors (Lipinski definition) is 0. The molecule has 0 aliphatic heterocycles. The van der Waals surface area contributed by atoms with Gasteiger partial charge in [0.15, 0.2) is 17.5 Å². The maximum absolute atomic E-state index is 9.42. The first-order valence-corrected chi connectivity index (χ1v) is 17.8.